The van der Waals surface area contributed by atoms with Crippen molar-refractivity contribution in [1.82, 2.24) is 4.57 Å². The number of nitrogens with zero attached hydrogens (tertiary/aromatic N) is 1. The van der Waals surface area contributed by atoms with Gasteiger partial charge < -0.3 is 4.57 Å². The summed E-state index contributed by atoms with van der Waals surface area (Å²) in [5.41, 5.74) is 3.57. The first-order chi connectivity index (χ1) is 7.22. The normalized spacial score (nSPS) is 10.6. The lowest BCUT2D eigenvalue weighted by atomic mass is 10.2. The molecule has 0 saturated heterocycles. The van der Waals surface area contributed by atoms with Crippen molar-refractivity contribution in [2.75, 3.05) is 0 Å². The van der Waals surface area contributed by atoms with E-state index in [1.54, 1.807) is 12.1 Å². The van der Waals surface area contributed by atoms with Crippen molar-refractivity contribution in [3.05, 3.63) is 53.6 Å². The summed E-state index contributed by atoms with van der Waals surface area (Å²) in [7, 11) is 0. The van der Waals surface area contributed by atoms with E-state index in [1.807, 2.05) is 6.20 Å². The highest BCUT2D eigenvalue weighted by atomic mass is 19.1. The number of aromatic nitrogens is 1. The molecule has 0 amide bonds. The summed E-state index contributed by atoms with van der Waals surface area (Å²) in [6, 6.07) is 8.67. The molecule has 78 valence electrons. The van der Waals surface area contributed by atoms with E-state index < -0.39 is 0 Å². The predicted octanol–water partition coefficient (Wildman–Crippen LogP) is 3.49. The largest absolute Gasteiger partial charge is 0.321 e. The molecular weight excluding hydrogens is 189 g/mol. The third-order valence-corrected chi connectivity index (χ3v) is 2.74. The smallest absolute Gasteiger partial charge is 0.123 e. The molecule has 0 radical (unpaired) electrons. The summed E-state index contributed by atoms with van der Waals surface area (Å²) >= 11 is 0. The van der Waals surface area contributed by atoms with Crippen molar-refractivity contribution in [3.8, 4) is 5.69 Å². The molecule has 0 bridgehead atoms. The van der Waals surface area contributed by atoms with Gasteiger partial charge in [0.15, 0.2) is 0 Å². The van der Waals surface area contributed by atoms with Crippen LogP contribution in [0.5, 0.6) is 0 Å². The average Bonchev–Trinajstić information content (AvgIpc) is 2.61. The molecule has 0 spiro atoms. The van der Waals surface area contributed by atoms with Gasteiger partial charge in [0.2, 0.25) is 0 Å². The molecule has 1 nitrogen and oxygen atoms in total. The zero-order valence-corrected chi connectivity index (χ0v) is 9.00. The van der Waals surface area contributed by atoms with Crippen molar-refractivity contribution in [2.45, 2.75) is 20.3 Å². The van der Waals surface area contributed by atoms with Crippen molar-refractivity contribution >= 4 is 0 Å². The van der Waals surface area contributed by atoms with Crippen LogP contribution in [0.25, 0.3) is 5.69 Å². The number of rotatable bonds is 2. The van der Waals surface area contributed by atoms with Crippen LogP contribution in [-0.2, 0) is 6.42 Å². The Morgan fingerprint density at radius 1 is 1.13 bits per heavy atom. The molecule has 2 rings (SSSR count). The lowest BCUT2D eigenvalue weighted by molar-refractivity contribution is 0.627. The number of aryl methyl sites for hydroxylation is 1. The third-order valence-electron chi connectivity index (χ3n) is 2.74. The number of benzene rings is 1. The molecule has 1 heterocycles. The van der Waals surface area contributed by atoms with Crippen LogP contribution in [0.1, 0.15) is 18.2 Å². The molecule has 1 aromatic heterocycles. The highest BCUT2D eigenvalue weighted by molar-refractivity contribution is 5.37. The van der Waals surface area contributed by atoms with E-state index >= 15 is 0 Å². The Morgan fingerprint density at radius 2 is 1.80 bits per heavy atom. The Hall–Kier alpha value is -1.57. The minimum absolute atomic E-state index is 0.195. The van der Waals surface area contributed by atoms with E-state index in [9.17, 15) is 4.39 Å². The Labute approximate surface area is 89.2 Å². The Morgan fingerprint density at radius 3 is 2.33 bits per heavy atom. The van der Waals surface area contributed by atoms with Gasteiger partial charge in [-0.1, -0.05) is 6.92 Å². The van der Waals surface area contributed by atoms with Crippen LogP contribution in [0, 0.1) is 12.7 Å². The highest BCUT2D eigenvalue weighted by Crippen LogP contribution is 2.17. The Kier molecular flexibility index (Phi) is 2.58. The van der Waals surface area contributed by atoms with E-state index in [0.29, 0.717) is 0 Å². The van der Waals surface area contributed by atoms with E-state index in [-0.39, 0.29) is 5.82 Å². The van der Waals surface area contributed by atoms with E-state index in [0.717, 1.165) is 12.1 Å². The molecule has 0 atom stereocenters. The van der Waals surface area contributed by atoms with E-state index in [1.165, 1.54) is 23.4 Å². The summed E-state index contributed by atoms with van der Waals surface area (Å²) < 4.78 is 14.8. The third kappa shape index (κ3) is 1.80. The number of hydrogen-bond donors (Lipinski definition) is 0. The molecule has 15 heavy (non-hydrogen) atoms. The molecule has 0 saturated carbocycles. The quantitative estimate of drug-likeness (QED) is 0.704. The van der Waals surface area contributed by atoms with Crippen LogP contribution >= 0.6 is 0 Å². The summed E-state index contributed by atoms with van der Waals surface area (Å²) in [6.07, 6.45) is 3.06. The second-order valence-electron chi connectivity index (χ2n) is 3.63. The zero-order chi connectivity index (χ0) is 10.8. The molecule has 0 aliphatic rings. The van der Waals surface area contributed by atoms with Crippen LogP contribution in [0.2, 0.25) is 0 Å². The SMILES string of the molecule is CCc1ccn(-c2ccc(F)cc2)c1C. The molecule has 1 aromatic carbocycles. The minimum Gasteiger partial charge on any atom is -0.321 e. The van der Waals surface area contributed by atoms with Crippen LogP contribution < -0.4 is 0 Å². The van der Waals surface area contributed by atoms with Crippen LogP contribution in [0.15, 0.2) is 36.5 Å². The fourth-order valence-electron chi connectivity index (χ4n) is 1.81. The first-order valence-electron chi connectivity index (χ1n) is 5.15. The molecule has 0 N–H and O–H groups in total. The number of hydrogen-bond acceptors (Lipinski definition) is 0. The second-order valence-corrected chi connectivity index (χ2v) is 3.63. The highest BCUT2D eigenvalue weighted by Gasteiger charge is 2.04. The van der Waals surface area contributed by atoms with Gasteiger partial charge in [-0.2, -0.15) is 0 Å². The first kappa shape index (κ1) is 9.97. The molecule has 0 fully saturated rings. The minimum atomic E-state index is -0.195. The van der Waals surface area contributed by atoms with Gasteiger partial charge in [-0.05, 0) is 49.2 Å². The fraction of sp³-hybridized carbons (Fsp3) is 0.231. The molecule has 2 aromatic rings. The van der Waals surface area contributed by atoms with Crippen molar-refractivity contribution < 1.29 is 4.39 Å². The van der Waals surface area contributed by atoms with E-state index in [2.05, 4.69) is 24.5 Å². The lowest BCUT2D eigenvalue weighted by Crippen LogP contribution is -1.96. The Balaban J connectivity index is 2.45. The van der Waals surface area contributed by atoms with Gasteiger partial charge in [0.1, 0.15) is 5.82 Å². The van der Waals surface area contributed by atoms with Gasteiger partial charge in [0, 0.05) is 17.6 Å². The monoisotopic (exact) mass is 203 g/mol. The van der Waals surface area contributed by atoms with Gasteiger partial charge in [-0.15, -0.1) is 0 Å². The maximum atomic E-state index is 12.8. The zero-order valence-electron chi connectivity index (χ0n) is 9.00. The standard InChI is InChI=1S/C13H14FN/c1-3-11-8-9-15(10(11)2)13-6-4-12(14)5-7-13/h4-9H,3H2,1-2H3. The predicted molar refractivity (Wildman–Crippen MR) is 59.8 cm³/mol. The van der Waals surface area contributed by atoms with Crippen LogP contribution in [0.4, 0.5) is 4.39 Å². The lowest BCUT2D eigenvalue weighted by Gasteiger charge is -2.06. The van der Waals surface area contributed by atoms with Crippen LogP contribution in [-0.4, -0.2) is 4.57 Å². The van der Waals surface area contributed by atoms with Gasteiger partial charge in [0.05, 0.1) is 0 Å². The summed E-state index contributed by atoms with van der Waals surface area (Å²) in [4.78, 5) is 0. The summed E-state index contributed by atoms with van der Waals surface area (Å²) in [5, 5.41) is 0. The van der Waals surface area contributed by atoms with Gasteiger partial charge >= 0.3 is 0 Å². The van der Waals surface area contributed by atoms with E-state index in [4.69, 9.17) is 0 Å². The molecule has 0 unspecified atom stereocenters. The van der Waals surface area contributed by atoms with Gasteiger partial charge in [-0.3, -0.25) is 0 Å². The maximum Gasteiger partial charge on any atom is 0.123 e. The second kappa shape index (κ2) is 3.89. The average molecular weight is 203 g/mol. The van der Waals surface area contributed by atoms with Crippen LogP contribution in [0.3, 0.4) is 0 Å². The molecule has 0 aliphatic carbocycles. The van der Waals surface area contributed by atoms with Crippen molar-refractivity contribution in [1.29, 1.82) is 0 Å². The molecular formula is C13H14FN. The first-order valence-corrected chi connectivity index (χ1v) is 5.15. The summed E-state index contributed by atoms with van der Waals surface area (Å²) in [5.74, 6) is -0.195. The maximum absolute atomic E-state index is 12.8. The topological polar surface area (TPSA) is 4.93 Å². The van der Waals surface area contributed by atoms with Crippen molar-refractivity contribution in [3.63, 3.8) is 0 Å². The number of halogens is 1. The molecule has 2 heteroatoms. The van der Waals surface area contributed by atoms with Gasteiger partial charge in [-0.25, -0.2) is 4.39 Å². The Bertz CT molecular complexity index is 454. The molecule has 0 aliphatic heterocycles. The fourth-order valence-corrected chi connectivity index (χ4v) is 1.81. The van der Waals surface area contributed by atoms with Crippen molar-refractivity contribution in [2.24, 2.45) is 0 Å². The van der Waals surface area contributed by atoms with Gasteiger partial charge in [0.25, 0.3) is 0 Å². The summed E-state index contributed by atoms with van der Waals surface area (Å²) in [6.45, 7) is 4.22.